The fourth-order valence-corrected chi connectivity index (χ4v) is 1.68. The van der Waals surface area contributed by atoms with Crippen molar-refractivity contribution in [3.05, 3.63) is 84.6 Å². The second kappa shape index (κ2) is 14.1. The van der Waals surface area contributed by atoms with Crippen molar-refractivity contribution in [2.24, 2.45) is 0 Å². The van der Waals surface area contributed by atoms with Gasteiger partial charge in [-0.2, -0.15) is 0 Å². The Bertz CT molecular complexity index is 741. The average molecular weight is 417 g/mol. The molecule has 0 fully saturated rings. The van der Waals surface area contributed by atoms with Crippen LogP contribution < -0.4 is 10.6 Å². The number of nitrogens with one attached hydrogen (secondary N) is 2. The van der Waals surface area contributed by atoms with Gasteiger partial charge in [-0.15, -0.1) is 0 Å². The SMILES string of the molecule is C=C/C(=C\C(F)=C\Cl)OCC(=O)NC(=C)CCNC(=O)/C(=C/C=C/F)C(=C)F. The minimum atomic E-state index is -1.02. The summed E-state index contributed by atoms with van der Waals surface area (Å²) in [6.07, 6.45) is 4.19. The molecule has 0 aromatic carbocycles. The summed E-state index contributed by atoms with van der Waals surface area (Å²) in [6, 6.07) is 0. The summed E-state index contributed by atoms with van der Waals surface area (Å²) in [5.41, 5.74) is 0.507. The number of hydrogen-bond donors (Lipinski definition) is 2. The van der Waals surface area contributed by atoms with E-state index in [1.165, 1.54) is 6.08 Å². The number of ether oxygens (including phenoxy) is 1. The molecule has 28 heavy (non-hydrogen) atoms. The molecule has 0 aliphatic carbocycles. The van der Waals surface area contributed by atoms with Crippen LogP contribution in [0.15, 0.2) is 84.6 Å². The number of halogens is 4. The van der Waals surface area contributed by atoms with Crippen LogP contribution in [0.5, 0.6) is 0 Å². The molecule has 0 spiro atoms. The fraction of sp³-hybridized carbons (Fsp3) is 0.158. The lowest BCUT2D eigenvalue weighted by molar-refractivity contribution is -0.123. The molecular formula is C19H20ClF3N2O3. The van der Waals surface area contributed by atoms with E-state index >= 15 is 0 Å². The lowest BCUT2D eigenvalue weighted by Gasteiger charge is -2.11. The monoisotopic (exact) mass is 416 g/mol. The molecule has 9 heteroatoms. The van der Waals surface area contributed by atoms with Crippen LogP contribution in [0.2, 0.25) is 0 Å². The van der Waals surface area contributed by atoms with Gasteiger partial charge in [0.05, 0.1) is 11.9 Å². The van der Waals surface area contributed by atoms with Gasteiger partial charge in [0, 0.05) is 30.3 Å². The van der Waals surface area contributed by atoms with Crippen LogP contribution in [0.25, 0.3) is 0 Å². The van der Waals surface area contributed by atoms with Gasteiger partial charge in [-0.05, 0) is 18.2 Å². The van der Waals surface area contributed by atoms with Gasteiger partial charge in [-0.1, -0.05) is 31.3 Å². The molecule has 0 aromatic heterocycles. The minimum absolute atomic E-state index is 0.00415. The van der Waals surface area contributed by atoms with Gasteiger partial charge in [-0.25, -0.2) is 13.2 Å². The van der Waals surface area contributed by atoms with Crippen LogP contribution in [-0.4, -0.2) is 25.0 Å². The Labute approximate surface area is 166 Å². The molecule has 0 atom stereocenters. The zero-order valence-electron chi connectivity index (χ0n) is 14.9. The number of hydrogen-bond acceptors (Lipinski definition) is 3. The van der Waals surface area contributed by atoms with E-state index in [4.69, 9.17) is 16.3 Å². The van der Waals surface area contributed by atoms with Crippen LogP contribution in [-0.2, 0) is 14.3 Å². The van der Waals surface area contributed by atoms with E-state index in [0.717, 1.165) is 18.2 Å². The highest BCUT2D eigenvalue weighted by molar-refractivity contribution is 6.25. The van der Waals surface area contributed by atoms with Crippen molar-refractivity contribution in [3.63, 3.8) is 0 Å². The molecule has 0 aliphatic heterocycles. The molecule has 0 rings (SSSR count). The Morgan fingerprint density at radius 2 is 1.89 bits per heavy atom. The topological polar surface area (TPSA) is 67.4 Å². The lowest BCUT2D eigenvalue weighted by Crippen LogP contribution is -2.30. The van der Waals surface area contributed by atoms with E-state index in [-0.39, 0.29) is 30.8 Å². The lowest BCUT2D eigenvalue weighted by atomic mass is 10.2. The van der Waals surface area contributed by atoms with E-state index in [1.54, 1.807) is 0 Å². The molecule has 5 nitrogen and oxygen atoms in total. The van der Waals surface area contributed by atoms with Crippen molar-refractivity contribution in [3.8, 4) is 0 Å². The van der Waals surface area contributed by atoms with Gasteiger partial charge in [0.25, 0.3) is 11.8 Å². The highest BCUT2D eigenvalue weighted by Gasteiger charge is 2.12. The second-order valence-corrected chi connectivity index (χ2v) is 5.21. The van der Waals surface area contributed by atoms with Crippen LogP contribution in [0.1, 0.15) is 6.42 Å². The highest BCUT2D eigenvalue weighted by atomic mass is 35.5. The molecule has 152 valence electrons. The molecule has 0 aromatic rings. The van der Waals surface area contributed by atoms with Crippen LogP contribution >= 0.6 is 11.6 Å². The van der Waals surface area contributed by atoms with Gasteiger partial charge in [-0.3, -0.25) is 9.59 Å². The zero-order chi connectivity index (χ0) is 21.5. The van der Waals surface area contributed by atoms with Gasteiger partial charge < -0.3 is 15.4 Å². The molecule has 2 N–H and O–H groups in total. The summed E-state index contributed by atoms with van der Waals surface area (Å²) in [4.78, 5) is 23.5. The van der Waals surface area contributed by atoms with Crippen molar-refractivity contribution in [2.45, 2.75) is 6.42 Å². The minimum Gasteiger partial charge on any atom is -0.484 e. The van der Waals surface area contributed by atoms with Crippen molar-refractivity contribution in [1.82, 2.24) is 10.6 Å². The number of carbonyl (C=O) groups excluding carboxylic acids is 2. The summed E-state index contributed by atoms with van der Waals surface area (Å²) in [5.74, 6) is -3.18. The first-order valence-corrected chi connectivity index (χ1v) is 8.19. The molecule has 0 radical (unpaired) electrons. The largest absolute Gasteiger partial charge is 0.484 e. The zero-order valence-corrected chi connectivity index (χ0v) is 15.7. The Morgan fingerprint density at radius 3 is 2.43 bits per heavy atom. The molecule has 0 unspecified atom stereocenters. The molecule has 2 amide bonds. The molecule has 0 aliphatic rings. The smallest absolute Gasteiger partial charge is 0.262 e. The van der Waals surface area contributed by atoms with Gasteiger partial charge in [0.15, 0.2) is 6.61 Å². The molecule has 0 saturated carbocycles. The van der Waals surface area contributed by atoms with Gasteiger partial charge in [0.1, 0.15) is 17.4 Å². The standard InChI is InChI=1S/C19H20ClF3N2O3/c1-4-16(10-15(23)11-20)28-12-18(26)25-13(2)7-9-24-19(27)17(14(3)22)6-5-8-21/h4-6,8,10-11H,1-3,7,9,12H2,(H,24,27)(H,25,26)/b8-5+,15-11-,16-10+,17-6+. The number of allylic oxidation sites excluding steroid dienone is 5. The molecular weight excluding hydrogens is 397 g/mol. The first-order valence-electron chi connectivity index (χ1n) is 7.75. The third kappa shape index (κ3) is 10.9. The number of rotatable bonds is 12. The van der Waals surface area contributed by atoms with Crippen molar-refractivity contribution in [1.29, 1.82) is 0 Å². The van der Waals surface area contributed by atoms with E-state index in [2.05, 4.69) is 30.4 Å². The van der Waals surface area contributed by atoms with Crippen molar-refractivity contribution < 1.29 is 27.5 Å². The van der Waals surface area contributed by atoms with Gasteiger partial charge >= 0.3 is 0 Å². The average Bonchev–Trinajstić information content (AvgIpc) is 2.64. The third-order valence-electron chi connectivity index (χ3n) is 2.86. The maximum atomic E-state index is 13.2. The summed E-state index contributed by atoms with van der Waals surface area (Å²) in [6.45, 7) is 9.58. The summed E-state index contributed by atoms with van der Waals surface area (Å²) < 4.78 is 43.2. The molecule has 0 bridgehead atoms. The van der Waals surface area contributed by atoms with E-state index < -0.39 is 35.6 Å². The first-order chi connectivity index (χ1) is 13.2. The maximum absolute atomic E-state index is 13.2. The quantitative estimate of drug-likeness (QED) is 0.285. The van der Waals surface area contributed by atoms with Crippen LogP contribution in [0.3, 0.4) is 0 Å². The Hall–Kier alpha value is -3.00. The number of amides is 2. The van der Waals surface area contributed by atoms with E-state index in [9.17, 15) is 22.8 Å². The Morgan fingerprint density at radius 1 is 1.21 bits per heavy atom. The first kappa shape index (κ1) is 25.0. The maximum Gasteiger partial charge on any atom is 0.262 e. The van der Waals surface area contributed by atoms with Crippen molar-refractivity contribution in [2.75, 3.05) is 13.2 Å². The predicted octanol–water partition coefficient (Wildman–Crippen LogP) is 4.15. The predicted molar refractivity (Wildman–Crippen MR) is 103 cm³/mol. The van der Waals surface area contributed by atoms with E-state index in [1.807, 2.05) is 0 Å². The summed E-state index contributed by atoms with van der Waals surface area (Å²) >= 11 is 5.18. The highest BCUT2D eigenvalue weighted by Crippen LogP contribution is 2.10. The van der Waals surface area contributed by atoms with Crippen LogP contribution in [0, 0.1) is 0 Å². The van der Waals surface area contributed by atoms with Crippen LogP contribution in [0.4, 0.5) is 13.2 Å². The fourth-order valence-electron chi connectivity index (χ4n) is 1.62. The molecule has 0 heterocycles. The van der Waals surface area contributed by atoms with Gasteiger partial charge in [0.2, 0.25) is 0 Å². The van der Waals surface area contributed by atoms with E-state index in [0.29, 0.717) is 5.54 Å². The Balaban J connectivity index is 4.43. The summed E-state index contributed by atoms with van der Waals surface area (Å²) in [5, 5.41) is 4.79. The third-order valence-corrected chi connectivity index (χ3v) is 3.06. The Kier molecular flexibility index (Phi) is 12.6. The molecule has 0 saturated heterocycles. The van der Waals surface area contributed by atoms with Crippen molar-refractivity contribution >= 4 is 23.4 Å². The second-order valence-electron chi connectivity index (χ2n) is 4.99. The summed E-state index contributed by atoms with van der Waals surface area (Å²) in [7, 11) is 0. The normalized spacial score (nSPS) is 12.5. The number of carbonyl (C=O) groups is 2.